The van der Waals surface area contributed by atoms with Crippen LogP contribution in [0.15, 0.2) is 64.6 Å². The molecule has 0 aliphatic carbocycles. The van der Waals surface area contributed by atoms with Crippen LogP contribution in [-0.4, -0.2) is 13.2 Å². The molecule has 23 heavy (non-hydrogen) atoms. The van der Waals surface area contributed by atoms with E-state index in [-0.39, 0.29) is 0 Å². The van der Waals surface area contributed by atoms with E-state index in [1.54, 1.807) is 0 Å². The summed E-state index contributed by atoms with van der Waals surface area (Å²) >= 11 is 1.99. The van der Waals surface area contributed by atoms with Gasteiger partial charge in [-0.2, -0.15) is 0 Å². The van der Waals surface area contributed by atoms with Crippen molar-refractivity contribution in [2.24, 2.45) is 0 Å². The monoisotopic (exact) mass is 324 g/mol. The van der Waals surface area contributed by atoms with E-state index >= 15 is 0 Å². The Hall–Kier alpha value is -1.51. The number of thioether (sulfide) groups is 1. The van der Waals surface area contributed by atoms with Crippen molar-refractivity contribution in [1.29, 1.82) is 0 Å². The van der Waals surface area contributed by atoms with Crippen LogP contribution in [0, 0.1) is 0 Å². The molecule has 120 valence electrons. The first-order chi connectivity index (χ1) is 11.2. The van der Waals surface area contributed by atoms with Gasteiger partial charge in [0.05, 0.1) is 6.61 Å². The maximum Gasteiger partial charge on any atom is 0.0676 e. The molecule has 2 aromatic rings. The number of allylic oxidation sites excluding steroid dienone is 1. The number of benzene rings is 2. The number of fused-ring (bicyclic) bond motifs is 3. The molecule has 0 saturated heterocycles. The molecule has 0 spiro atoms. The van der Waals surface area contributed by atoms with Gasteiger partial charge < -0.3 is 4.74 Å². The first-order valence-electron chi connectivity index (χ1n) is 8.28. The summed E-state index contributed by atoms with van der Waals surface area (Å²) in [4.78, 5) is 1.39. The van der Waals surface area contributed by atoms with Crippen LogP contribution >= 0.6 is 11.8 Å². The van der Waals surface area contributed by atoms with Gasteiger partial charge >= 0.3 is 0 Å². The van der Waals surface area contributed by atoms with Crippen molar-refractivity contribution < 1.29 is 4.74 Å². The molecule has 2 heteroatoms. The van der Waals surface area contributed by atoms with Crippen LogP contribution in [0.2, 0.25) is 0 Å². The predicted molar refractivity (Wildman–Crippen MR) is 100.0 cm³/mol. The van der Waals surface area contributed by atoms with Crippen molar-refractivity contribution in [2.45, 2.75) is 37.3 Å². The second-order valence-electron chi connectivity index (χ2n) is 6.09. The van der Waals surface area contributed by atoms with Gasteiger partial charge in [-0.25, -0.2) is 0 Å². The number of hydrogen-bond donors (Lipinski definition) is 0. The first kappa shape index (κ1) is 16.4. The summed E-state index contributed by atoms with van der Waals surface area (Å²) in [5.74, 6) is 0. The zero-order valence-corrected chi connectivity index (χ0v) is 15.0. The maximum absolute atomic E-state index is 5.57. The van der Waals surface area contributed by atoms with Crippen molar-refractivity contribution in [3.05, 3.63) is 65.2 Å². The van der Waals surface area contributed by atoms with E-state index in [4.69, 9.17) is 4.74 Å². The molecule has 0 N–H and O–H groups in total. The van der Waals surface area contributed by atoms with Gasteiger partial charge in [-0.1, -0.05) is 48.0 Å². The maximum atomic E-state index is 5.57. The highest BCUT2D eigenvalue weighted by molar-refractivity contribution is 7.99. The molecule has 1 heterocycles. The molecule has 1 atom stereocenters. The van der Waals surface area contributed by atoms with Crippen molar-refractivity contribution in [2.75, 3.05) is 13.2 Å². The van der Waals surface area contributed by atoms with Gasteiger partial charge in [0.25, 0.3) is 0 Å². The number of rotatable bonds is 5. The van der Waals surface area contributed by atoms with E-state index in [1.165, 1.54) is 32.7 Å². The van der Waals surface area contributed by atoms with E-state index in [0.717, 1.165) is 19.6 Å². The largest absolute Gasteiger partial charge is 0.377 e. The van der Waals surface area contributed by atoms with Crippen molar-refractivity contribution in [3.8, 4) is 11.1 Å². The topological polar surface area (TPSA) is 9.23 Å². The summed E-state index contributed by atoms with van der Waals surface area (Å²) in [5.41, 5.74) is 7.04. The van der Waals surface area contributed by atoms with Gasteiger partial charge in [-0.15, -0.1) is 11.8 Å². The Bertz CT molecular complexity index is 717. The third-order valence-electron chi connectivity index (χ3n) is 4.50. The van der Waals surface area contributed by atoms with E-state index in [9.17, 15) is 0 Å². The minimum absolute atomic E-state index is 0.484. The molecule has 1 nitrogen and oxygen atoms in total. The average Bonchev–Trinajstić information content (AvgIpc) is 2.59. The van der Waals surface area contributed by atoms with Gasteiger partial charge in [-0.3, -0.25) is 0 Å². The second-order valence-corrected chi connectivity index (χ2v) is 7.34. The lowest BCUT2D eigenvalue weighted by atomic mass is 9.93. The molecule has 0 aromatic heterocycles. The average molecular weight is 324 g/mol. The number of ether oxygens (including phenoxy) is 1. The molecule has 0 saturated carbocycles. The van der Waals surface area contributed by atoms with Crippen LogP contribution in [0.25, 0.3) is 11.1 Å². The zero-order chi connectivity index (χ0) is 16.2. The van der Waals surface area contributed by atoms with Gasteiger partial charge in [-0.05, 0) is 55.5 Å². The van der Waals surface area contributed by atoms with E-state index in [0.29, 0.717) is 5.25 Å². The quantitative estimate of drug-likeness (QED) is 0.600. The standard InChI is InChI=1S/C21H24OS/c1-4-22-14-16(3)15(2)13-21-19-11-6-5-9-17(19)18-10-7-8-12-20(18)23-21/h5-12,21H,4,13-14H2,1-3H3/b16-15-. The Labute approximate surface area is 143 Å². The molecule has 0 bridgehead atoms. The smallest absolute Gasteiger partial charge is 0.0676 e. The number of hydrogen-bond acceptors (Lipinski definition) is 2. The summed E-state index contributed by atoms with van der Waals surface area (Å²) < 4.78 is 5.57. The summed E-state index contributed by atoms with van der Waals surface area (Å²) in [5, 5.41) is 0.484. The molecule has 3 rings (SSSR count). The van der Waals surface area contributed by atoms with Gasteiger partial charge in [0, 0.05) is 16.8 Å². The Morgan fingerprint density at radius 2 is 1.65 bits per heavy atom. The highest BCUT2D eigenvalue weighted by Crippen LogP contribution is 2.51. The van der Waals surface area contributed by atoms with Crippen LogP contribution in [0.1, 0.15) is 38.0 Å². The third kappa shape index (κ3) is 3.54. The molecule has 0 radical (unpaired) electrons. The molecule has 0 fully saturated rings. The summed E-state index contributed by atoms with van der Waals surface area (Å²) in [6.45, 7) is 8.01. The fourth-order valence-electron chi connectivity index (χ4n) is 3.01. The van der Waals surface area contributed by atoms with Crippen molar-refractivity contribution in [1.82, 2.24) is 0 Å². The van der Waals surface area contributed by atoms with Crippen LogP contribution in [0.5, 0.6) is 0 Å². The molecule has 1 aliphatic heterocycles. The van der Waals surface area contributed by atoms with Crippen LogP contribution in [0.3, 0.4) is 0 Å². The van der Waals surface area contributed by atoms with Gasteiger partial charge in [0.1, 0.15) is 0 Å². The highest BCUT2D eigenvalue weighted by atomic mass is 32.2. The Morgan fingerprint density at radius 3 is 2.43 bits per heavy atom. The van der Waals surface area contributed by atoms with Gasteiger partial charge in [0.15, 0.2) is 0 Å². The minimum Gasteiger partial charge on any atom is -0.377 e. The predicted octanol–water partition coefficient (Wildman–Crippen LogP) is 6.26. The molecule has 2 aromatic carbocycles. The Balaban J connectivity index is 1.90. The van der Waals surface area contributed by atoms with E-state index in [1.807, 2.05) is 18.7 Å². The van der Waals surface area contributed by atoms with Crippen molar-refractivity contribution >= 4 is 11.8 Å². The lowest BCUT2D eigenvalue weighted by Gasteiger charge is -2.28. The molecule has 1 unspecified atom stereocenters. The van der Waals surface area contributed by atoms with Crippen LogP contribution in [0.4, 0.5) is 0 Å². The lowest BCUT2D eigenvalue weighted by Crippen LogP contribution is -2.05. The summed E-state index contributed by atoms with van der Waals surface area (Å²) in [6.07, 6.45) is 1.08. The van der Waals surface area contributed by atoms with Crippen LogP contribution < -0.4 is 0 Å². The summed E-state index contributed by atoms with van der Waals surface area (Å²) in [7, 11) is 0. The SMILES string of the molecule is CCOC/C(C)=C(/C)CC1Sc2ccccc2-c2ccccc21. The highest BCUT2D eigenvalue weighted by Gasteiger charge is 2.25. The lowest BCUT2D eigenvalue weighted by molar-refractivity contribution is 0.170. The zero-order valence-electron chi connectivity index (χ0n) is 14.1. The Kier molecular flexibility index (Phi) is 5.24. The first-order valence-corrected chi connectivity index (χ1v) is 9.16. The fourth-order valence-corrected chi connectivity index (χ4v) is 4.45. The summed E-state index contributed by atoms with van der Waals surface area (Å²) in [6, 6.07) is 17.6. The van der Waals surface area contributed by atoms with Crippen molar-refractivity contribution in [3.63, 3.8) is 0 Å². The van der Waals surface area contributed by atoms with Gasteiger partial charge in [0.2, 0.25) is 0 Å². The third-order valence-corrected chi connectivity index (χ3v) is 5.81. The fraction of sp³-hybridized carbons (Fsp3) is 0.333. The molecule has 0 amide bonds. The Morgan fingerprint density at radius 1 is 0.957 bits per heavy atom. The normalized spacial score (nSPS) is 17.3. The van der Waals surface area contributed by atoms with E-state index in [2.05, 4.69) is 62.4 Å². The molecule has 1 aliphatic rings. The van der Waals surface area contributed by atoms with E-state index < -0.39 is 0 Å². The second kappa shape index (κ2) is 7.37. The van der Waals surface area contributed by atoms with Crippen LogP contribution in [-0.2, 0) is 4.74 Å². The minimum atomic E-state index is 0.484. The molecular formula is C21H24OS. The molecular weight excluding hydrogens is 300 g/mol.